The molecule has 0 aliphatic carbocycles. The molecule has 0 spiro atoms. The van der Waals surface area contributed by atoms with Gasteiger partial charge in [-0.1, -0.05) is 18.2 Å². The zero-order chi connectivity index (χ0) is 18.4. The molecule has 1 aliphatic heterocycles. The van der Waals surface area contributed by atoms with Gasteiger partial charge in [0.25, 0.3) is 0 Å². The Morgan fingerprint density at radius 3 is 2.43 bits per heavy atom. The van der Waals surface area contributed by atoms with Gasteiger partial charge in [-0.05, 0) is 19.2 Å². The van der Waals surface area contributed by atoms with Gasteiger partial charge in [0.2, 0.25) is 5.91 Å². The molecule has 1 aromatic heterocycles. The number of carbonyl (C=O) groups excluding carboxylic acids is 1. The highest BCUT2D eigenvalue weighted by Crippen LogP contribution is 2.16. The smallest absolute Gasteiger partial charge is 0.244 e. The van der Waals surface area contributed by atoms with Gasteiger partial charge in [0.1, 0.15) is 18.4 Å². The van der Waals surface area contributed by atoms with Crippen molar-refractivity contribution in [1.29, 1.82) is 0 Å². The molecular weight excluding hydrogens is 401 g/mol. The summed E-state index contributed by atoms with van der Waals surface area (Å²) in [7, 11) is 3.67. The maximum Gasteiger partial charge on any atom is 0.244 e. The fourth-order valence-corrected chi connectivity index (χ4v) is 3.21. The number of piperazine rings is 1. The number of benzene rings is 1. The van der Waals surface area contributed by atoms with Crippen LogP contribution in [0.15, 0.2) is 42.7 Å². The highest BCUT2D eigenvalue weighted by atomic mass is 35.5. The Kier molecular flexibility index (Phi) is 10.3. The highest BCUT2D eigenvalue weighted by Gasteiger charge is 2.28. The Labute approximate surface area is 178 Å². The van der Waals surface area contributed by atoms with Gasteiger partial charge in [-0.3, -0.25) is 14.4 Å². The molecule has 1 aliphatic rings. The summed E-state index contributed by atoms with van der Waals surface area (Å²) in [5.74, 6) is 1.01. The van der Waals surface area contributed by atoms with E-state index in [4.69, 9.17) is 4.74 Å². The van der Waals surface area contributed by atoms with E-state index in [1.165, 1.54) is 0 Å². The molecule has 0 bridgehead atoms. The Bertz CT molecular complexity index is 705. The van der Waals surface area contributed by atoms with Crippen LogP contribution in [-0.2, 0) is 11.8 Å². The van der Waals surface area contributed by atoms with Crippen molar-refractivity contribution in [3.05, 3.63) is 48.3 Å². The Morgan fingerprint density at radius 2 is 1.86 bits per heavy atom. The standard InChI is InChI=1S/C19H27N5O2.2ClH/c1-20-18(16-14-21-22(2)15-16)19(25)24-10-8-23(9-11-24)12-13-26-17-6-4-3-5-7-17;;/h3-7,14-15,18,20H,8-13H2,1-2H3;2*1H. The van der Waals surface area contributed by atoms with Gasteiger partial charge in [0, 0.05) is 51.5 Å². The minimum atomic E-state index is -0.336. The van der Waals surface area contributed by atoms with Crippen molar-refractivity contribution in [3.63, 3.8) is 0 Å². The summed E-state index contributed by atoms with van der Waals surface area (Å²) in [4.78, 5) is 17.1. The first-order chi connectivity index (χ1) is 12.7. The molecule has 3 rings (SSSR count). The lowest BCUT2D eigenvalue weighted by Crippen LogP contribution is -2.51. The summed E-state index contributed by atoms with van der Waals surface area (Å²) in [6.45, 7) is 4.74. The van der Waals surface area contributed by atoms with E-state index in [9.17, 15) is 4.79 Å². The van der Waals surface area contributed by atoms with Crippen molar-refractivity contribution in [3.8, 4) is 5.75 Å². The third-order valence-electron chi connectivity index (χ3n) is 4.70. The van der Waals surface area contributed by atoms with Crippen molar-refractivity contribution in [2.75, 3.05) is 46.4 Å². The molecule has 1 amide bonds. The Hall–Kier alpha value is -1.80. The molecule has 7 nitrogen and oxygen atoms in total. The molecule has 0 saturated carbocycles. The molecule has 2 aromatic rings. The first kappa shape index (κ1) is 24.2. The van der Waals surface area contributed by atoms with E-state index >= 15 is 0 Å². The molecule has 0 radical (unpaired) electrons. The quantitative estimate of drug-likeness (QED) is 0.726. The van der Waals surface area contributed by atoms with Crippen LogP contribution in [0, 0.1) is 0 Å². The Morgan fingerprint density at radius 1 is 1.18 bits per heavy atom. The van der Waals surface area contributed by atoms with Gasteiger partial charge in [-0.25, -0.2) is 0 Å². The van der Waals surface area contributed by atoms with Crippen molar-refractivity contribution >= 4 is 30.7 Å². The number of carbonyl (C=O) groups is 1. The number of aryl methyl sites for hydroxylation is 1. The summed E-state index contributed by atoms with van der Waals surface area (Å²) >= 11 is 0. The minimum Gasteiger partial charge on any atom is -0.492 e. The van der Waals surface area contributed by atoms with Gasteiger partial charge in [0.05, 0.1) is 6.20 Å². The second-order valence-electron chi connectivity index (χ2n) is 6.50. The number of ether oxygens (including phenoxy) is 1. The summed E-state index contributed by atoms with van der Waals surface area (Å²) in [5, 5.41) is 7.28. The molecular formula is C19H29Cl2N5O2. The van der Waals surface area contributed by atoms with Gasteiger partial charge >= 0.3 is 0 Å². The number of amides is 1. The summed E-state index contributed by atoms with van der Waals surface area (Å²) in [5.41, 5.74) is 0.902. The van der Waals surface area contributed by atoms with Crippen LogP contribution in [0.4, 0.5) is 0 Å². The third kappa shape index (κ3) is 6.38. The van der Waals surface area contributed by atoms with E-state index in [1.54, 1.807) is 10.9 Å². The SMILES string of the molecule is CNC(C(=O)N1CCN(CCOc2ccccc2)CC1)c1cnn(C)c1.Cl.Cl. The van der Waals surface area contributed by atoms with Gasteiger partial charge in [-0.15, -0.1) is 24.8 Å². The van der Waals surface area contributed by atoms with Gasteiger partial charge < -0.3 is 15.0 Å². The van der Waals surface area contributed by atoms with E-state index in [0.717, 1.165) is 44.0 Å². The predicted octanol–water partition coefficient (Wildman–Crippen LogP) is 1.75. The van der Waals surface area contributed by atoms with Crippen molar-refractivity contribution in [2.45, 2.75) is 6.04 Å². The minimum absolute atomic E-state index is 0. The van der Waals surface area contributed by atoms with Crippen molar-refractivity contribution in [1.82, 2.24) is 24.9 Å². The van der Waals surface area contributed by atoms with Gasteiger partial charge in [0.15, 0.2) is 0 Å². The topological polar surface area (TPSA) is 62.6 Å². The molecule has 1 fully saturated rings. The van der Waals surface area contributed by atoms with Crippen molar-refractivity contribution < 1.29 is 9.53 Å². The first-order valence-corrected chi connectivity index (χ1v) is 9.02. The van der Waals surface area contributed by atoms with Gasteiger partial charge in [-0.2, -0.15) is 5.10 Å². The molecule has 1 aromatic carbocycles. The number of hydrogen-bond acceptors (Lipinski definition) is 5. The zero-order valence-corrected chi connectivity index (χ0v) is 17.9. The fourth-order valence-electron chi connectivity index (χ4n) is 3.21. The molecule has 1 saturated heterocycles. The molecule has 1 unspecified atom stereocenters. The van der Waals surface area contributed by atoms with E-state index in [1.807, 2.05) is 55.5 Å². The van der Waals surface area contributed by atoms with Crippen LogP contribution >= 0.6 is 24.8 Å². The van der Waals surface area contributed by atoms with Crippen LogP contribution in [0.5, 0.6) is 5.75 Å². The van der Waals surface area contributed by atoms with Crippen LogP contribution in [0.3, 0.4) is 0 Å². The molecule has 1 atom stereocenters. The van der Waals surface area contributed by atoms with Crippen LogP contribution in [-0.4, -0.2) is 71.9 Å². The number of aromatic nitrogens is 2. The maximum atomic E-state index is 12.8. The molecule has 9 heteroatoms. The number of nitrogens with zero attached hydrogens (tertiary/aromatic N) is 4. The zero-order valence-electron chi connectivity index (χ0n) is 16.3. The van der Waals surface area contributed by atoms with Crippen molar-refractivity contribution in [2.24, 2.45) is 7.05 Å². The fraction of sp³-hybridized carbons (Fsp3) is 0.474. The number of nitrogens with one attached hydrogen (secondary N) is 1. The lowest BCUT2D eigenvalue weighted by atomic mass is 10.1. The monoisotopic (exact) mass is 429 g/mol. The van der Waals surface area contributed by atoms with Crippen LogP contribution in [0.1, 0.15) is 11.6 Å². The van der Waals surface area contributed by atoms with E-state index in [0.29, 0.717) is 6.61 Å². The highest BCUT2D eigenvalue weighted by molar-refractivity contribution is 5.85. The second-order valence-corrected chi connectivity index (χ2v) is 6.50. The van der Waals surface area contributed by atoms with E-state index in [2.05, 4.69) is 15.3 Å². The normalized spacial score (nSPS) is 15.3. The molecule has 1 N–H and O–H groups in total. The average molecular weight is 430 g/mol. The number of para-hydroxylation sites is 1. The van der Waals surface area contributed by atoms with E-state index < -0.39 is 0 Å². The van der Waals surface area contributed by atoms with Crippen LogP contribution in [0.2, 0.25) is 0 Å². The first-order valence-electron chi connectivity index (χ1n) is 9.02. The molecule has 2 heterocycles. The summed E-state index contributed by atoms with van der Waals surface area (Å²) < 4.78 is 7.48. The predicted molar refractivity (Wildman–Crippen MR) is 114 cm³/mol. The number of rotatable bonds is 7. The summed E-state index contributed by atoms with van der Waals surface area (Å²) in [6, 6.07) is 9.52. The Balaban J connectivity index is 0.00000196. The van der Waals surface area contributed by atoms with Crippen LogP contribution < -0.4 is 10.1 Å². The summed E-state index contributed by atoms with van der Waals surface area (Å²) in [6.07, 6.45) is 3.63. The molecule has 28 heavy (non-hydrogen) atoms. The second kappa shape index (κ2) is 11.9. The number of hydrogen-bond donors (Lipinski definition) is 1. The van der Waals surface area contributed by atoms with E-state index in [-0.39, 0.29) is 36.8 Å². The lowest BCUT2D eigenvalue weighted by molar-refractivity contribution is -0.135. The maximum absolute atomic E-state index is 12.8. The lowest BCUT2D eigenvalue weighted by Gasteiger charge is -2.36. The number of halogens is 2. The van der Waals surface area contributed by atoms with Crippen LogP contribution in [0.25, 0.3) is 0 Å². The third-order valence-corrected chi connectivity index (χ3v) is 4.70. The molecule has 156 valence electrons. The largest absolute Gasteiger partial charge is 0.492 e. The average Bonchev–Trinajstić information content (AvgIpc) is 3.10. The number of likely N-dealkylation sites (N-methyl/N-ethyl adjacent to an activating group) is 1.